The van der Waals surface area contributed by atoms with Crippen LogP contribution in [0.3, 0.4) is 0 Å². The van der Waals surface area contributed by atoms with Gasteiger partial charge in [0.15, 0.2) is 0 Å². The molecule has 0 radical (unpaired) electrons. The number of hydrogen-bond donors (Lipinski definition) is 0. The second-order valence-electron chi connectivity index (χ2n) is 3.08. The van der Waals surface area contributed by atoms with Crippen LogP contribution in [0.2, 0.25) is 0 Å². The number of hydrogen-bond acceptors (Lipinski definition) is 3. The molecule has 0 fully saturated rings. The molecule has 0 aromatic heterocycles. The molecule has 4 heteroatoms. The second-order valence-corrected chi connectivity index (χ2v) is 4.00. The molecule has 0 spiro atoms. The molecule has 16 heavy (non-hydrogen) atoms. The van der Waals surface area contributed by atoms with E-state index < -0.39 is 0 Å². The van der Waals surface area contributed by atoms with Crippen molar-refractivity contribution < 1.29 is 14.5 Å². The lowest BCUT2D eigenvalue weighted by Crippen LogP contribution is -2.01. The molecule has 0 bridgehead atoms. The molecule has 0 atom stereocenters. The first-order valence-corrected chi connectivity index (χ1v) is 5.87. The van der Waals surface area contributed by atoms with Crippen LogP contribution in [-0.4, -0.2) is 13.2 Å². The van der Waals surface area contributed by atoms with Crippen molar-refractivity contribution in [3.8, 4) is 5.75 Å². The number of rotatable bonds is 7. The highest BCUT2D eigenvalue weighted by molar-refractivity contribution is 9.10. The van der Waals surface area contributed by atoms with Gasteiger partial charge in [-0.2, -0.15) is 4.89 Å². The molecular weight excluding hydrogens is 272 g/mol. The lowest BCUT2D eigenvalue weighted by molar-refractivity contribution is -0.260. The minimum absolute atomic E-state index is 0.505. The Balaban J connectivity index is 2.22. The molecule has 0 N–H and O–H groups in total. The summed E-state index contributed by atoms with van der Waals surface area (Å²) in [6.45, 7) is 6.58. The van der Waals surface area contributed by atoms with E-state index in [9.17, 15) is 0 Å². The summed E-state index contributed by atoms with van der Waals surface area (Å²) in [7, 11) is 0. The SMILES string of the molecule is C=C(CCOc1cccc(Br)c1)OOCC. The fourth-order valence-electron chi connectivity index (χ4n) is 1.02. The van der Waals surface area contributed by atoms with Crippen LogP contribution in [0.4, 0.5) is 0 Å². The van der Waals surface area contributed by atoms with Gasteiger partial charge in [0.1, 0.15) is 11.5 Å². The molecule has 1 aromatic rings. The van der Waals surface area contributed by atoms with Crippen molar-refractivity contribution in [2.24, 2.45) is 0 Å². The lowest BCUT2D eigenvalue weighted by atomic mass is 10.3. The molecule has 0 aliphatic rings. The van der Waals surface area contributed by atoms with Gasteiger partial charge in [0, 0.05) is 10.9 Å². The van der Waals surface area contributed by atoms with Gasteiger partial charge in [0.05, 0.1) is 13.2 Å². The van der Waals surface area contributed by atoms with Gasteiger partial charge in [0.25, 0.3) is 0 Å². The van der Waals surface area contributed by atoms with E-state index in [4.69, 9.17) is 14.5 Å². The van der Waals surface area contributed by atoms with E-state index in [2.05, 4.69) is 22.5 Å². The fourth-order valence-corrected chi connectivity index (χ4v) is 1.40. The molecule has 0 aliphatic heterocycles. The molecule has 0 saturated heterocycles. The summed E-state index contributed by atoms with van der Waals surface area (Å²) >= 11 is 3.37. The van der Waals surface area contributed by atoms with Crippen molar-refractivity contribution in [2.75, 3.05) is 13.2 Å². The van der Waals surface area contributed by atoms with Crippen molar-refractivity contribution in [3.63, 3.8) is 0 Å². The highest BCUT2D eigenvalue weighted by atomic mass is 79.9. The Bertz CT molecular complexity index is 339. The monoisotopic (exact) mass is 286 g/mol. The molecule has 0 unspecified atom stereocenters. The van der Waals surface area contributed by atoms with Crippen molar-refractivity contribution in [3.05, 3.63) is 41.1 Å². The van der Waals surface area contributed by atoms with E-state index in [0.29, 0.717) is 25.4 Å². The zero-order valence-electron chi connectivity index (χ0n) is 9.24. The number of ether oxygens (including phenoxy) is 1. The van der Waals surface area contributed by atoms with Gasteiger partial charge in [-0.25, -0.2) is 0 Å². The number of benzene rings is 1. The highest BCUT2D eigenvalue weighted by Gasteiger charge is 1.98. The Kier molecular flexibility index (Phi) is 5.96. The Labute approximate surface area is 104 Å². The average molecular weight is 287 g/mol. The summed E-state index contributed by atoms with van der Waals surface area (Å²) < 4.78 is 6.51. The zero-order chi connectivity index (χ0) is 11.8. The standard InChI is InChI=1S/C12H15BrO3/c1-3-15-16-10(2)7-8-14-12-6-4-5-11(13)9-12/h4-6,9H,2-3,7-8H2,1H3. The molecule has 88 valence electrons. The third-order valence-electron chi connectivity index (χ3n) is 1.74. The Hall–Kier alpha value is -1.00. The maximum atomic E-state index is 5.51. The van der Waals surface area contributed by atoms with Crippen LogP contribution in [0.5, 0.6) is 5.75 Å². The minimum atomic E-state index is 0.505. The predicted octanol–water partition coefficient (Wildman–Crippen LogP) is 3.70. The summed E-state index contributed by atoms with van der Waals surface area (Å²) in [6, 6.07) is 7.68. The average Bonchev–Trinajstić information content (AvgIpc) is 2.26. The molecule has 0 saturated carbocycles. The molecule has 1 rings (SSSR count). The van der Waals surface area contributed by atoms with Gasteiger partial charge in [0.2, 0.25) is 0 Å². The first-order valence-electron chi connectivity index (χ1n) is 5.08. The van der Waals surface area contributed by atoms with E-state index in [1.807, 2.05) is 31.2 Å². The van der Waals surface area contributed by atoms with E-state index in [1.165, 1.54) is 0 Å². The molecule has 0 heterocycles. The normalized spacial score (nSPS) is 9.88. The predicted molar refractivity (Wildman–Crippen MR) is 66.1 cm³/mol. The van der Waals surface area contributed by atoms with Crippen LogP contribution >= 0.6 is 15.9 Å². The third-order valence-corrected chi connectivity index (χ3v) is 2.23. The van der Waals surface area contributed by atoms with Crippen molar-refractivity contribution in [2.45, 2.75) is 13.3 Å². The van der Waals surface area contributed by atoms with Crippen LogP contribution < -0.4 is 4.74 Å². The molecular formula is C12H15BrO3. The van der Waals surface area contributed by atoms with E-state index in [0.717, 1.165) is 10.2 Å². The van der Waals surface area contributed by atoms with Gasteiger partial charge in [-0.1, -0.05) is 28.6 Å². The number of halogens is 1. The van der Waals surface area contributed by atoms with E-state index in [1.54, 1.807) is 0 Å². The van der Waals surface area contributed by atoms with Crippen molar-refractivity contribution >= 4 is 15.9 Å². The van der Waals surface area contributed by atoms with Crippen LogP contribution in [0.15, 0.2) is 41.1 Å². The first-order chi connectivity index (χ1) is 7.72. The molecule has 3 nitrogen and oxygen atoms in total. The van der Waals surface area contributed by atoms with Crippen LogP contribution in [-0.2, 0) is 9.78 Å². The third kappa shape index (κ3) is 5.19. The summed E-state index contributed by atoms with van der Waals surface area (Å²) in [4.78, 5) is 9.62. The Morgan fingerprint density at radius 2 is 2.25 bits per heavy atom. The van der Waals surface area contributed by atoms with Gasteiger partial charge in [-0.15, -0.1) is 0 Å². The molecule has 0 amide bonds. The van der Waals surface area contributed by atoms with Crippen LogP contribution in [0, 0.1) is 0 Å². The van der Waals surface area contributed by atoms with Gasteiger partial charge >= 0.3 is 0 Å². The smallest absolute Gasteiger partial charge is 0.138 e. The van der Waals surface area contributed by atoms with E-state index in [-0.39, 0.29) is 0 Å². The van der Waals surface area contributed by atoms with Gasteiger partial charge in [-0.3, -0.25) is 0 Å². The maximum Gasteiger partial charge on any atom is 0.138 e. The molecule has 0 aliphatic carbocycles. The minimum Gasteiger partial charge on any atom is -0.493 e. The first kappa shape index (κ1) is 13.1. The van der Waals surface area contributed by atoms with Gasteiger partial charge < -0.3 is 9.62 Å². The lowest BCUT2D eigenvalue weighted by Gasteiger charge is -2.08. The quantitative estimate of drug-likeness (QED) is 0.435. The maximum absolute atomic E-state index is 5.51. The summed E-state index contributed by atoms with van der Waals surface area (Å²) in [5, 5.41) is 0. The van der Waals surface area contributed by atoms with Crippen LogP contribution in [0.1, 0.15) is 13.3 Å². The summed E-state index contributed by atoms with van der Waals surface area (Å²) in [6.07, 6.45) is 0.604. The Morgan fingerprint density at radius 3 is 2.94 bits per heavy atom. The van der Waals surface area contributed by atoms with E-state index >= 15 is 0 Å². The Morgan fingerprint density at radius 1 is 1.44 bits per heavy atom. The van der Waals surface area contributed by atoms with Crippen molar-refractivity contribution in [1.82, 2.24) is 0 Å². The molecule has 1 aromatic carbocycles. The summed E-state index contributed by atoms with van der Waals surface area (Å²) in [5.41, 5.74) is 0. The fraction of sp³-hybridized carbons (Fsp3) is 0.333. The van der Waals surface area contributed by atoms with Gasteiger partial charge in [-0.05, 0) is 25.1 Å². The topological polar surface area (TPSA) is 27.7 Å². The van der Waals surface area contributed by atoms with Crippen LogP contribution in [0.25, 0.3) is 0 Å². The highest BCUT2D eigenvalue weighted by Crippen LogP contribution is 2.18. The second kappa shape index (κ2) is 7.30. The summed E-state index contributed by atoms with van der Waals surface area (Å²) in [5.74, 6) is 1.38. The zero-order valence-corrected chi connectivity index (χ0v) is 10.8. The van der Waals surface area contributed by atoms with Crippen molar-refractivity contribution in [1.29, 1.82) is 0 Å². The largest absolute Gasteiger partial charge is 0.493 e.